The van der Waals surface area contributed by atoms with E-state index in [1.807, 2.05) is 25.1 Å². The van der Waals surface area contributed by atoms with E-state index >= 15 is 0 Å². The Bertz CT molecular complexity index is 1070. The standard InChI is InChI=1S/C22H32N2O5S2Si/c1-15-16(2)23-29-21(15)24-31(26,27)19-12-13-30-22(19,14-28-17(3)32(4,5)6)20(25)18-10-8-7-9-11-18/h7-13,17,19-20,24-25H,14H2,1-6H3. The Balaban J connectivity index is 1.99. The summed E-state index contributed by atoms with van der Waals surface area (Å²) in [6.07, 6.45) is 0.539. The van der Waals surface area contributed by atoms with Crippen molar-refractivity contribution in [3.05, 3.63) is 58.6 Å². The van der Waals surface area contributed by atoms with Gasteiger partial charge in [0.2, 0.25) is 15.9 Å². The minimum atomic E-state index is -3.99. The number of thioether (sulfide) groups is 1. The van der Waals surface area contributed by atoms with Gasteiger partial charge in [-0.15, -0.1) is 11.8 Å². The number of hydrogen-bond donors (Lipinski definition) is 2. The monoisotopic (exact) mass is 496 g/mol. The molecule has 0 saturated heterocycles. The summed E-state index contributed by atoms with van der Waals surface area (Å²) in [6.45, 7) is 12.2. The van der Waals surface area contributed by atoms with Crippen LogP contribution in [-0.4, -0.2) is 49.1 Å². The molecular formula is C22H32N2O5S2Si. The first-order valence-corrected chi connectivity index (χ1v) is 16.5. The average molecular weight is 497 g/mol. The second-order valence-electron chi connectivity index (χ2n) is 9.32. The molecule has 0 radical (unpaired) electrons. The summed E-state index contributed by atoms with van der Waals surface area (Å²) in [5, 5.41) is 16.0. The molecule has 4 atom stereocenters. The van der Waals surface area contributed by atoms with Gasteiger partial charge in [-0.3, -0.25) is 4.72 Å². The normalized spacial score (nSPS) is 23.3. The van der Waals surface area contributed by atoms with Crippen LogP contribution < -0.4 is 4.72 Å². The van der Waals surface area contributed by atoms with Gasteiger partial charge >= 0.3 is 0 Å². The van der Waals surface area contributed by atoms with Crippen LogP contribution in [0.1, 0.15) is 29.8 Å². The molecule has 2 heterocycles. The van der Waals surface area contributed by atoms with Gasteiger partial charge in [0.1, 0.15) is 5.25 Å². The van der Waals surface area contributed by atoms with Crippen LogP contribution in [0.4, 0.5) is 5.88 Å². The molecule has 1 aromatic heterocycles. The number of sulfonamides is 1. The molecule has 2 aromatic rings. The first-order chi connectivity index (χ1) is 14.9. The summed E-state index contributed by atoms with van der Waals surface area (Å²) in [7, 11) is -5.62. The summed E-state index contributed by atoms with van der Waals surface area (Å²) < 4.78 is 39.9. The van der Waals surface area contributed by atoms with Crippen molar-refractivity contribution in [1.82, 2.24) is 5.16 Å². The number of anilines is 1. The fourth-order valence-electron chi connectivity index (χ4n) is 3.37. The molecule has 0 bridgehead atoms. The molecule has 32 heavy (non-hydrogen) atoms. The van der Waals surface area contributed by atoms with Gasteiger partial charge < -0.3 is 14.4 Å². The average Bonchev–Trinajstić information content (AvgIpc) is 3.31. The lowest BCUT2D eigenvalue weighted by atomic mass is 9.92. The van der Waals surface area contributed by atoms with Gasteiger partial charge in [-0.05, 0) is 31.7 Å². The Morgan fingerprint density at radius 1 is 1.28 bits per heavy atom. The van der Waals surface area contributed by atoms with Crippen LogP contribution in [0.5, 0.6) is 0 Å². The van der Waals surface area contributed by atoms with Crippen LogP contribution in [-0.2, 0) is 14.8 Å². The highest BCUT2D eigenvalue weighted by Gasteiger charge is 2.54. The highest BCUT2D eigenvalue weighted by molar-refractivity contribution is 8.05. The van der Waals surface area contributed by atoms with E-state index in [-0.39, 0.29) is 18.2 Å². The summed E-state index contributed by atoms with van der Waals surface area (Å²) in [5.41, 5.74) is 1.86. The van der Waals surface area contributed by atoms with Crippen molar-refractivity contribution in [2.75, 3.05) is 11.3 Å². The molecule has 3 rings (SSSR count). The fraction of sp³-hybridized carbons (Fsp3) is 0.500. The van der Waals surface area contributed by atoms with Crippen LogP contribution in [0.3, 0.4) is 0 Å². The predicted octanol–water partition coefficient (Wildman–Crippen LogP) is 4.42. The molecule has 0 spiro atoms. The van der Waals surface area contributed by atoms with Crippen molar-refractivity contribution >= 4 is 35.7 Å². The molecule has 7 nitrogen and oxygen atoms in total. The van der Waals surface area contributed by atoms with Crippen LogP contribution in [0.25, 0.3) is 0 Å². The third kappa shape index (κ3) is 4.99. The number of nitrogens with zero attached hydrogens (tertiary/aromatic N) is 1. The topological polar surface area (TPSA) is 102 Å². The van der Waals surface area contributed by atoms with Crippen molar-refractivity contribution in [3.8, 4) is 0 Å². The lowest BCUT2D eigenvalue weighted by Gasteiger charge is -2.40. The van der Waals surface area contributed by atoms with Gasteiger partial charge in [0, 0.05) is 11.3 Å². The van der Waals surface area contributed by atoms with E-state index in [1.54, 1.807) is 37.5 Å². The van der Waals surface area contributed by atoms with Gasteiger partial charge in [0.15, 0.2) is 0 Å². The first-order valence-electron chi connectivity index (χ1n) is 10.5. The maximum atomic E-state index is 13.5. The number of rotatable bonds is 9. The molecule has 2 N–H and O–H groups in total. The molecule has 1 aliphatic rings. The van der Waals surface area contributed by atoms with E-state index < -0.39 is 34.2 Å². The number of aliphatic hydroxyl groups excluding tert-OH is 1. The van der Waals surface area contributed by atoms with Crippen molar-refractivity contribution in [1.29, 1.82) is 0 Å². The Kier molecular flexibility index (Phi) is 7.31. The van der Waals surface area contributed by atoms with Crippen molar-refractivity contribution < 1.29 is 22.8 Å². The number of ether oxygens (including phenoxy) is 1. The lowest BCUT2D eigenvalue weighted by Crippen LogP contribution is -2.52. The molecular weight excluding hydrogens is 464 g/mol. The number of aliphatic hydroxyl groups is 1. The van der Waals surface area contributed by atoms with Crippen LogP contribution in [0, 0.1) is 13.8 Å². The number of aromatic nitrogens is 1. The molecule has 0 fully saturated rings. The highest BCUT2D eigenvalue weighted by atomic mass is 32.2. The SMILES string of the molecule is Cc1noc(NS(=O)(=O)C2C=CSC2(COC(C)[Si](C)(C)C)C(O)c2ccccc2)c1C. The third-order valence-corrected chi connectivity index (χ3v) is 11.9. The Labute approximate surface area is 195 Å². The molecule has 0 amide bonds. The molecule has 0 aliphatic carbocycles. The zero-order chi connectivity index (χ0) is 23.7. The molecule has 4 unspecified atom stereocenters. The molecule has 1 aromatic carbocycles. The van der Waals surface area contributed by atoms with Gasteiger partial charge in [0.25, 0.3) is 0 Å². The van der Waals surface area contributed by atoms with Crippen LogP contribution in [0.2, 0.25) is 19.6 Å². The van der Waals surface area contributed by atoms with Crippen molar-refractivity contribution in [3.63, 3.8) is 0 Å². The maximum absolute atomic E-state index is 13.5. The van der Waals surface area contributed by atoms with Gasteiger partial charge in [0.05, 0.1) is 31.2 Å². The van der Waals surface area contributed by atoms with E-state index in [4.69, 9.17) is 9.26 Å². The van der Waals surface area contributed by atoms with E-state index in [2.05, 4.69) is 29.5 Å². The summed E-state index contributed by atoms with van der Waals surface area (Å²) in [4.78, 5) is 0. The van der Waals surface area contributed by atoms with E-state index in [0.717, 1.165) is 0 Å². The zero-order valence-corrected chi connectivity index (χ0v) is 22.0. The van der Waals surface area contributed by atoms with Gasteiger partial charge in [-0.1, -0.05) is 61.2 Å². The predicted molar refractivity (Wildman–Crippen MR) is 132 cm³/mol. The quantitative estimate of drug-likeness (QED) is 0.496. The lowest BCUT2D eigenvalue weighted by molar-refractivity contribution is 0.0376. The largest absolute Gasteiger partial charge is 0.387 e. The summed E-state index contributed by atoms with van der Waals surface area (Å²) in [5.74, 6) is 0.0901. The van der Waals surface area contributed by atoms with E-state index in [9.17, 15) is 13.5 Å². The second kappa shape index (κ2) is 9.34. The minimum absolute atomic E-state index is 0.0148. The Morgan fingerprint density at radius 2 is 1.94 bits per heavy atom. The fourth-order valence-corrected chi connectivity index (χ4v) is 7.29. The van der Waals surface area contributed by atoms with Gasteiger partial charge in [-0.25, -0.2) is 8.42 Å². The second-order valence-corrected chi connectivity index (χ2v) is 17.9. The first kappa shape index (κ1) is 25.0. The number of hydrogen-bond acceptors (Lipinski definition) is 7. The number of aryl methyl sites for hydroxylation is 1. The minimum Gasteiger partial charge on any atom is -0.387 e. The highest BCUT2D eigenvalue weighted by Crippen LogP contribution is 2.49. The zero-order valence-electron chi connectivity index (χ0n) is 19.3. The summed E-state index contributed by atoms with van der Waals surface area (Å²) >= 11 is 1.29. The van der Waals surface area contributed by atoms with Crippen molar-refractivity contribution in [2.24, 2.45) is 0 Å². The molecule has 1 aliphatic heterocycles. The number of nitrogens with one attached hydrogen (secondary N) is 1. The van der Waals surface area contributed by atoms with Crippen LogP contribution >= 0.6 is 11.8 Å². The Hall–Kier alpha value is -1.59. The maximum Gasteiger partial charge on any atom is 0.243 e. The van der Waals surface area contributed by atoms with Gasteiger partial charge in [-0.2, -0.15) is 0 Å². The Morgan fingerprint density at radius 3 is 2.50 bits per heavy atom. The van der Waals surface area contributed by atoms with Crippen molar-refractivity contribution in [2.45, 2.75) is 62.2 Å². The molecule has 10 heteroatoms. The molecule has 0 saturated carbocycles. The third-order valence-electron chi connectivity index (χ3n) is 6.11. The number of benzene rings is 1. The molecule has 176 valence electrons. The summed E-state index contributed by atoms with van der Waals surface area (Å²) in [6, 6.07) is 9.11. The van der Waals surface area contributed by atoms with Crippen LogP contribution in [0.15, 0.2) is 46.3 Å². The smallest absolute Gasteiger partial charge is 0.243 e. The van der Waals surface area contributed by atoms with E-state index in [0.29, 0.717) is 16.8 Å². The van der Waals surface area contributed by atoms with E-state index in [1.165, 1.54) is 11.8 Å².